The van der Waals surface area contributed by atoms with Crippen molar-refractivity contribution in [2.24, 2.45) is 5.92 Å². The molecule has 0 amide bonds. The van der Waals surface area contributed by atoms with Crippen LogP contribution in [0.3, 0.4) is 0 Å². The zero-order chi connectivity index (χ0) is 51.1. The molecule has 70 heavy (non-hydrogen) atoms. The first-order chi connectivity index (χ1) is 34.3. The minimum atomic E-state index is -0.858. The summed E-state index contributed by atoms with van der Waals surface area (Å²) in [5.74, 6) is -0.488. The number of carbonyl (C=O) groups is 3. The Morgan fingerprint density at radius 1 is 0.371 bits per heavy atom. The Balaban J connectivity index is 4.57. The van der Waals surface area contributed by atoms with Gasteiger partial charge in [0.2, 0.25) is 6.29 Å². The fraction of sp³-hybridized carbons (Fsp3) is 0.828. The van der Waals surface area contributed by atoms with Gasteiger partial charge in [-0.1, -0.05) is 224 Å². The summed E-state index contributed by atoms with van der Waals surface area (Å²) in [6, 6.07) is 0. The summed E-state index contributed by atoms with van der Waals surface area (Å²) in [6.07, 6.45) is 66.3. The van der Waals surface area contributed by atoms with Crippen LogP contribution in [-0.2, 0) is 28.6 Å². The number of carbonyl (C=O) groups excluding carboxylic acids is 3. The first-order valence-corrected chi connectivity index (χ1v) is 30.5. The van der Waals surface area contributed by atoms with Crippen LogP contribution >= 0.6 is 0 Å². The molecule has 0 fully saturated rings. The molecule has 0 saturated carbocycles. The summed E-state index contributed by atoms with van der Waals surface area (Å²) < 4.78 is 17.3. The molecule has 0 saturated heterocycles. The average Bonchev–Trinajstić information content (AvgIpc) is 3.34. The molecule has 0 spiro atoms. The van der Waals surface area contributed by atoms with E-state index in [9.17, 15) is 14.4 Å². The number of esters is 3. The summed E-state index contributed by atoms with van der Waals surface area (Å²) in [7, 11) is 0. The van der Waals surface area contributed by atoms with Gasteiger partial charge in [0.25, 0.3) is 0 Å². The molecule has 0 aromatic carbocycles. The third-order valence-electron chi connectivity index (χ3n) is 13.7. The highest BCUT2D eigenvalue weighted by Gasteiger charge is 2.22. The maximum absolute atomic E-state index is 13.0. The number of unbranched alkanes of at least 4 members (excludes halogenated alkanes) is 33. The number of hydrogen-bond donors (Lipinski definition) is 0. The second-order valence-corrected chi connectivity index (χ2v) is 21.0. The van der Waals surface area contributed by atoms with Crippen molar-refractivity contribution in [3.05, 3.63) is 48.1 Å². The Labute approximate surface area is 435 Å². The smallest absolute Gasteiger partial charge is 0.308 e. The second-order valence-electron chi connectivity index (χ2n) is 21.0. The van der Waals surface area contributed by atoms with Gasteiger partial charge < -0.3 is 14.2 Å². The normalized spacial score (nSPS) is 12.6. The SMILES string of the molecule is CCCCCCCC/C=C\CCCCCCCC(=O)OC/C(C)=C/CCC(C)CC(OC(=O)CCCCCCC/C=C\CCCCCCCC)OC(=O)CCCCCCC/C=C\CCCCCCCC. The third kappa shape index (κ3) is 53.2. The first-order valence-electron chi connectivity index (χ1n) is 30.5. The number of ether oxygens (including phenoxy) is 3. The lowest BCUT2D eigenvalue weighted by molar-refractivity contribution is -0.191. The van der Waals surface area contributed by atoms with Crippen LogP contribution in [0, 0.1) is 5.92 Å². The molecule has 408 valence electrons. The molecular formula is C64H116O6. The van der Waals surface area contributed by atoms with E-state index in [1.165, 1.54) is 186 Å². The van der Waals surface area contributed by atoms with Crippen molar-refractivity contribution in [3.63, 3.8) is 0 Å². The van der Waals surface area contributed by atoms with Gasteiger partial charge in [-0.05, 0) is 128 Å². The Hall–Kier alpha value is -2.63. The van der Waals surface area contributed by atoms with Gasteiger partial charge in [0, 0.05) is 25.7 Å². The summed E-state index contributed by atoms with van der Waals surface area (Å²) in [5.41, 5.74) is 1.04. The lowest BCUT2D eigenvalue weighted by Crippen LogP contribution is -2.26. The van der Waals surface area contributed by atoms with Crippen molar-refractivity contribution in [3.8, 4) is 0 Å². The van der Waals surface area contributed by atoms with E-state index < -0.39 is 6.29 Å². The Morgan fingerprint density at radius 2 is 0.657 bits per heavy atom. The van der Waals surface area contributed by atoms with Gasteiger partial charge in [-0.2, -0.15) is 0 Å². The molecule has 0 aliphatic heterocycles. The molecule has 0 aliphatic rings. The minimum Gasteiger partial charge on any atom is -0.461 e. The van der Waals surface area contributed by atoms with Crippen LogP contribution in [0.4, 0.5) is 0 Å². The van der Waals surface area contributed by atoms with Crippen LogP contribution in [0.2, 0.25) is 0 Å². The van der Waals surface area contributed by atoms with Crippen LogP contribution in [0.5, 0.6) is 0 Å². The summed E-state index contributed by atoms with van der Waals surface area (Å²) in [4.78, 5) is 38.4. The predicted octanol–water partition coefficient (Wildman–Crippen LogP) is 20.8. The fourth-order valence-corrected chi connectivity index (χ4v) is 8.94. The van der Waals surface area contributed by atoms with Crippen LogP contribution in [0.15, 0.2) is 48.1 Å². The standard InChI is InChI=1S/C64H116O6/c1-6-9-12-15-18-21-24-27-30-33-36-39-42-45-48-54-61(65)68-58-60(5)53-51-52-59(4)57-64(69-62(66)55-49-46-43-40-37-34-31-28-25-22-19-16-13-10-7-2)70-63(67)56-50-47-44-41-38-35-32-29-26-23-20-17-14-11-8-3/h27-32,53,59,64H,6-26,33-52,54-58H2,1-5H3/b30-27-,31-28-,32-29-,60-53+. The van der Waals surface area contributed by atoms with Crippen LogP contribution in [-0.4, -0.2) is 30.8 Å². The van der Waals surface area contributed by atoms with Gasteiger partial charge in [0.1, 0.15) is 6.61 Å². The van der Waals surface area contributed by atoms with Gasteiger partial charge in [0.15, 0.2) is 0 Å². The number of rotatable bonds is 54. The molecule has 1 atom stereocenters. The molecule has 6 nitrogen and oxygen atoms in total. The van der Waals surface area contributed by atoms with E-state index in [0.717, 1.165) is 82.6 Å². The highest BCUT2D eigenvalue weighted by molar-refractivity contribution is 5.71. The fourth-order valence-electron chi connectivity index (χ4n) is 8.94. The molecule has 0 radical (unpaired) electrons. The van der Waals surface area contributed by atoms with Crippen molar-refractivity contribution < 1.29 is 28.6 Å². The molecule has 0 N–H and O–H groups in total. The van der Waals surface area contributed by atoms with E-state index in [4.69, 9.17) is 14.2 Å². The molecular weight excluding hydrogens is 865 g/mol. The summed E-state index contributed by atoms with van der Waals surface area (Å²) in [6.45, 7) is 11.3. The van der Waals surface area contributed by atoms with E-state index in [-0.39, 0.29) is 23.8 Å². The molecule has 0 heterocycles. The zero-order valence-corrected chi connectivity index (χ0v) is 47.2. The monoisotopic (exact) mass is 981 g/mol. The Kier molecular flexibility index (Phi) is 53.6. The predicted molar refractivity (Wildman–Crippen MR) is 302 cm³/mol. The van der Waals surface area contributed by atoms with Gasteiger partial charge in [-0.3, -0.25) is 14.4 Å². The molecule has 1 unspecified atom stereocenters. The average molecular weight is 982 g/mol. The minimum absolute atomic E-state index is 0.117. The van der Waals surface area contributed by atoms with Crippen LogP contribution < -0.4 is 0 Å². The lowest BCUT2D eigenvalue weighted by Gasteiger charge is -2.21. The molecule has 0 aromatic heterocycles. The zero-order valence-electron chi connectivity index (χ0n) is 47.2. The number of allylic oxidation sites excluding steroid dienone is 7. The molecule has 0 aromatic rings. The Morgan fingerprint density at radius 3 is 0.986 bits per heavy atom. The number of hydrogen-bond acceptors (Lipinski definition) is 6. The maximum Gasteiger partial charge on any atom is 0.308 e. The lowest BCUT2D eigenvalue weighted by atomic mass is 10.0. The van der Waals surface area contributed by atoms with E-state index in [2.05, 4.69) is 70.2 Å². The highest BCUT2D eigenvalue weighted by Crippen LogP contribution is 2.20. The summed E-state index contributed by atoms with van der Waals surface area (Å²) in [5, 5.41) is 0. The Bertz CT molecular complexity index is 1210. The van der Waals surface area contributed by atoms with Crippen molar-refractivity contribution in [2.75, 3.05) is 6.61 Å². The van der Waals surface area contributed by atoms with E-state index in [0.29, 0.717) is 32.3 Å². The van der Waals surface area contributed by atoms with Gasteiger partial charge in [-0.15, -0.1) is 0 Å². The molecule has 0 bridgehead atoms. The van der Waals surface area contributed by atoms with Crippen molar-refractivity contribution in [2.45, 2.75) is 330 Å². The van der Waals surface area contributed by atoms with Crippen molar-refractivity contribution >= 4 is 17.9 Å². The van der Waals surface area contributed by atoms with Crippen molar-refractivity contribution in [1.29, 1.82) is 0 Å². The molecule has 0 rings (SSSR count). The third-order valence-corrected chi connectivity index (χ3v) is 13.7. The maximum atomic E-state index is 13.0. The highest BCUT2D eigenvalue weighted by atomic mass is 16.7. The van der Waals surface area contributed by atoms with Gasteiger partial charge in [-0.25, -0.2) is 0 Å². The van der Waals surface area contributed by atoms with E-state index in [1.54, 1.807) is 0 Å². The van der Waals surface area contributed by atoms with Gasteiger partial charge >= 0.3 is 17.9 Å². The van der Waals surface area contributed by atoms with Gasteiger partial charge in [0.05, 0.1) is 0 Å². The molecule has 6 heteroatoms. The van der Waals surface area contributed by atoms with Crippen LogP contribution in [0.1, 0.15) is 324 Å². The second kappa shape index (κ2) is 55.7. The largest absolute Gasteiger partial charge is 0.461 e. The topological polar surface area (TPSA) is 78.9 Å². The summed E-state index contributed by atoms with van der Waals surface area (Å²) >= 11 is 0. The quantitative estimate of drug-likeness (QED) is 0.0261. The van der Waals surface area contributed by atoms with Crippen molar-refractivity contribution in [1.82, 2.24) is 0 Å². The molecule has 0 aliphatic carbocycles. The van der Waals surface area contributed by atoms with E-state index in [1.807, 2.05) is 6.92 Å². The first kappa shape index (κ1) is 67.4. The van der Waals surface area contributed by atoms with E-state index >= 15 is 0 Å². The van der Waals surface area contributed by atoms with Crippen LogP contribution in [0.25, 0.3) is 0 Å².